The number of nitrogens with zero attached hydrogens (tertiary/aromatic N) is 1. The number of rotatable bonds is 3. The second-order valence-electron chi connectivity index (χ2n) is 5.14. The van der Waals surface area contributed by atoms with Crippen LogP contribution in [0.4, 0.5) is 70.2 Å². The molecule has 1 heterocycles. The summed E-state index contributed by atoms with van der Waals surface area (Å²) in [6, 6.07) is -24.2. The maximum Gasteiger partial charge on any atom is 0.441 e. The Balaban J connectivity index is 4.04. The zero-order valence-electron chi connectivity index (χ0n) is 11.9. The van der Waals surface area contributed by atoms with Gasteiger partial charge in [-0.15, -0.1) is 4.90 Å². The summed E-state index contributed by atoms with van der Waals surface area (Å²) in [5.41, 5.74) is -7.65. The van der Waals surface area contributed by atoms with Crippen molar-refractivity contribution in [2.24, 2.45) is 0 Å². The summed E-state index contributed by atoms with van der Waals surface area (Å²) >= 11 is 0. The first kappa shape index (κ1) is 24.3. The summed E-state index contributed by atoms with van der Waals surface area (Å²) < 4.78 is 209. The van der Waals surface area contributed by atoms with Crippen molar-refractivity contribution in [3.63, 3.8) is 0 Å². The lowest BCUT2D eigenvalue weighted by molar-refractivity contribution is -0.545. The smallest absolute Gasteiger partial charge is 0.441 e. The number of likely N-dealkylation sites (tertiary alicyclic amines) is 1. The average molecular weight is 459 g/mol. The largest absolute Gasteiger partial charge is 0.478 e. The molecule has 1 rings (SSSR count). The predicted octanol–water partition coefficient (Wildman–Crippen LogP) is 4.34. The third kappa shape index (κ3) is 2.27. The van der Waals surface area contributed by atoms with Crippen LogP contribution < -0.4 is 0 Å². The quantitative estimate of drug-likeness (QED) is 0.505. The van der Waals surface area contributed by atoms with Gasteiger partial charge in [-0.05, 0) is 0 Å². The van der Waals surface area contributed by atoms with Gasteiger partial charge in [-0.2, -0.15) is 65.9 Å². The van der Waals surface area contributed by atoms with E-state index in [0.29, 0.717) is 0 Å². The van der Waals surface area contributed by atoms with E-state index >= 15 is 0 Å². The van der Waals surface area contributed by atoms with E-state index in [4.69, 9.17) is 5.11 Å². The van der Waals surface area contributed by atoms with Gasteiger partial charge in [0.2, 0.25) is 0 Å². The van der Waals surface area contributed by atoms with Gasteiger partial charge in [-0.1, -0.05) is 0 Å². The molecule has 0 aromatic heterocycles. The molecule has 0 amide bonds. The van der Waals surface area contributed by atoms with Crippen molar-refractivity contribution < 1.29 is 80.1 Å². The lowest BCUT2D eigenvalue weighted by Crippen LogP contribution is -2.87. The van der Waals surface area contributed by atoms with Crippen LogP contribution in [0.1, 0.15) is 0 Å². The minimum Gasteiger partial charge on any atom is -0.478 e. The van der Waals surface area contributed by atoms with E-state index in [1.807, 2.05) is 0 Å². The number of halogens is 16. The normalized spacial score (nSPS) is 28.4. The Labute approximate surface area is 140 Å². The van der Waals surface area contributed by atoms with Crippen molar-refractivity contribution in [1.82, 2.24) is 4.90 Å². The van der Waals surface area contributed by atoms with Gasteiger partial charge in [0, 0.05) is 0 Å². The van der Waals surface area contributed by atoms with Gasteiger partial charge < -0.3 is 5.11 Å². The molecule has 0 spiro atoms. The molecular formula is C9HF16NO2. The molecule has 0 aromatic carbocycles. The summed E-state index contributed by atoms with van der Waals surface area (Å²) in [7, 11) is 0. The number of carboxylic acid groups (broad SMARTS) is 1. The van der Waals surface area contributed by atoms with E-state index in [2.05, 4.69) is 0 Å². The predicted molar refractivity (Wildman–Crippen MR) is 49.1 cm³/mol. The second-order valence-corrected chi connectivity index (χ2v) is 5.14. The molecule has 166 valence electrons. The first-order chi connectivity index (χ1) is 11.8. The first-order valence-electron chi connectivity index (χ1n) is 5.87. The molecular weight excluding hydrogens is 458 g/mol. The van der Waals surface area contributed by atoms with Crippen molar-refractivity contribution in [2.75, 3.05) is 0 Å². The number of hydrogen-bond donors (Lipinski definition) is 1. The average Bonchev–Trinajstić information content (AvgIpc) is 2.41. The summed E-state index contributed by atoms with van der Waals surface area (Å²) in [6.07, 6.45) is -7.67. The van der Waals surface area contributed by atoms with Crippen LogP contribution in [0.3, 0.4) is 0 Å². The molecule has 1 aliphatic rings. The number of carboxylic acids is 1. The fraction of sp³-hybridized carbons (Fsp3) is 0.889. The number of carbonyl (C=O) groups is 1. The van der Waals surface area contributed by atoms with Gasteiger partial charge >= 0.3 is 53.7 Å². The summed E-state index contributed by atoms with van der Waals surface area (Å²) in [5.74, 6) is -28.4. The third-order valence-corrected chi connectivity index (χ3v) is 3.49. The van der Waals surface area contributed by atoms with E-state index in [-0.39, 0.29) is 0 Å². The molecule has 0 aromatic rings. The molecule has 1 N–H and O–H groups in total. The monoisotopic (exact) mass is 459 g/mol. The summed E-state index contributed by atoms with van der Waals surface area (Å²) in [5, 5.41) is 7.92. The van der Waals surface area contributed by atoms with Crippen molar-refractivity contribution >= 4 is 5.97 Å². The summed E-state index contributed by atoms with van der Waals surface area (Å²) in [4.78, 5) is 5.71. The Bertz CT molecular complexity index is 638. The van der Waals surface area contributed by atoms with Crippen molar-refractivity contribution in [3.05, 3.63) is 0 Å². The van der Waals surface area contributed by atoms with Crippen LogP contribution >= 0.6 is 0 Å². The van der Waals surface area contributed by atoms with Crippen LogP contribution in [0.2, 0.25) is 0 Å². The van der Waals surface area contributed by atoms with Crippen LogP contribution in [-0.2, 0) is 4.79 Å². The Morgan fingerprint density at radius 2 is 0.929 bits per heavy atom. The minimum absolute atomic E-state index is 4.51. The van der Waals surface area contributed by atoms with Gasteiger partial charge in [-0.25, -0.2) is 9.18 Å². The highest BCUT2D eigenvalue weighted by Crippen LogP contribution is 2.68. The van der Waals surface area contributed by atoms with E-state index in [0.717, 1.165) is 0 Å². The molecule has 28 heavy (non-hydrogen) atoms. The van der Waals surface area contributed by atoms with E-state index < -0.39 is 58.6 Å². The van der Waals surface area contributed by atoms with Gasteiger partial charge in [0.15, 0.2) is 0 Å². The maximum absolute atomic E-state index is 13.6. The van der Waals surface area contributed by atoms with Crippen LogP contribution in [0.5, 0.6) is 0 Å². The number of alkyl halides is 16. The molecule has 1 saturated heterocycles. The van der Waals surface area contributed by atoms with Gasteiger partial charge in [0.25, 0.3) is 0 Å². The molecule has 1 fully saturated rings. The zero-order chi connectivity index (χ0) is 23.2. The molecule has 19 heteroatoms. The van der Waals surface area contributed by atoms with Crippen molar-refractivity contribution in [3.8, 4) is 0 Å². The Hall–Kier alpha value is -1.69. The molecule has 0 bridgehead atoms. The van der Waals surface area contributed by atoms with Crippen molar-refractivity contribution in [2.45, 2.75) is 47.8 Å². The van der Waals surface area contributed by atoms with Crippen LogP contribution in [-0.4, -0.2) is 63.7 Å². The van der Waals surface area contributed by atoms with E-state index in [9.17, 15) is 75.0 Å². The number of piperidine rings is 1. The first-order valence-corrected chi connectivity index (χ1v) is 5.87. The third-order valence-electron chi connectivity index (χ3n) is 3.49. The molecule has 1 aliphatic heterocycles. The van der Waals surface area contributed by atoms with Crippen LogP contribution in [0.15, 0.2) is 0 Å². The standard InChI is InChI=1S/C9HF16NO2/c10-2(1(27)28,6(17,18)19)7(20,21)26-8(22,23)4(13,14)3(11,12)5(15,16)9(26,24)25/h(H,27,28). The fourth-order valence-electron chi connectivity index (χ4n) is 1.96. The maximum atomic E-state index is 13.6. The molecule has 0 radical (unpaired) electrons. The highest BCUT2D eigenvalue weighted by atomic mass is 19.4. The SMILES string of the molecule is O=C(O)C(F)(C(F)(F)F)C(F)(F)N1C(F)(F)C(F)(F)C(F)(F)C(F)(F)C1(F)F. The molecule has 3 nitrogen and oxygen atoms in total. The van der Waals surface area contributed by atoms with Gasteiger partial charge in [-0.3, -0.25) is 0 Å². The molecule has 1 unspecified atom stereocenters. The number of hydrogen-bond acceptors (Lipinski definition) is 2. The zero-order valence-corrected chi connectivity index (χ0v) is 11.9. The number of aliphatic carboxylic acids is 1. The fourth-order valence-corrected chi connectivity index (χ4v) is 1.96. The summed E-state index contributed by atoms with van der Waals surface area (Å²) in [6.45, 7) is 0. The second kappa shape index (κ2) is 5.47. The molecule has 1 atom stereocenters. The Morgan fingerprint density at radius 3 is 1.14 bits per heavy atom. The minimum atomic E-state index is -8.17. The van der Waals surface area contributed by atoms with Crippen LogP contribution in [0.25, 0.3) is 0 Å². The highest BCUT2D eigenvalue weighted by molar-refractivity contribution is 5.80. The van der Waals surface area contributed by atoms with Gasteiger partial charge in [0.1, 0.15) is 0 Å². The topological polar surface area (TPSA) is 40.5 Å². The Morgan fingerprint density at radius 1 is 0.643 bits per heavy atom. The highest BCUT2D eigenvalue weighted by Gasteiger charge is 3.00. The molecule has 0 saturated carbocycles. The van der Waals surface area contributed by atoms with Gasteiger partial charge in [0.05, 0.1) is 0 Å². The van der Waals surface area contributed by atoms with Crippen LogP contribution in [0, 0.1) is 0 Å². The Kier molecular flexibility index (Phi) is 4.75. The molecule has 0 aliphatic carbocycles. The van der Waals surface area contributed by atoms with E-state index in [1.165, 1.54) is 0 Å². The van der Waals surface area contributed by atoms with Crippen molar-refractivity contribution in [1.29, 1.82) is 0 Å². The van der Waals surface area contributed by atoms with E-state index in [1.54, 1.807) is 0 Å². The lowest BCUT2D eigenvalue weighted by atomic mass is 9.90. The lowest BCUT2D eigenvalue weighted by Gasteiger charge is -2.54.